The van der Waals surface area contributed by atoms with Crippen LogP contribution >= 0.6 is 11.6 Å². The number of nitrogens with one attached hydrogen (secondary N) is 1. The van der Waals surface area contributed by atoms with Crippen molar-refractivity contribution in [2.45, 2.75) is 19.7 Å². The highest BCUT2D eigenvalue weighted by Crippen LogP contribution is 2.18. The maximum Gasteiger partial charge on any atom is 0.338 e. The van der Waals surface area contributed by atoms with Gasteiger partial charge in [0.2, 0.25) is 0 Å². The topological polar surface area (TPSA) is 38.3 Å². The summed E-state index contributed by atoms with van der Waals surface area (Å²) in [4.78, 5) is 12.0. The number of esters is 1. The Balaban J connectivity index is 1.66. The summed E-state index contributed by atoms with van der Waals surface area (Å²) in [5, 5.41) is 3.92. The summed E-state index contributed by atoms with van der Waals surface area (Å²) in [7, 11) is 0. The lowest BCUT2D eigenvalue weighted by molar-refractivity contribution is 0.0472. The number of halogens is 1. The number of rotatable bonds is 3. The van der Waals surface area contributed by atoms with Crippen molar-refractivity contribution in [1.29, 1.82) is 0 Å². The molecule has 0 bridgehead atoms. The number of ether oxygens (including phenoxy) is 1. The van der Waals surface area contributed by atoms with E-state index in [4.69, 9.17) is 16.3 Å². The molecule has 0 aromatic heterocycles. The highest BCUT2D eigenvalue weighted by molar-refractivity contribution is 6.30. The van der Waals surface area contributed by atoms with Crippen molar-refractivity contribution < 1.29 is 9.53 Å². The van der Waals surface area contributed by atoms with Crippen LogP contribution in [0.4, 0.5) is 0 Å². The summed E-state index contributed by atoms with van der Waals surface area (Å²) in [6, 6.07) is 13.0. The predicted molar refractivity (Wildman–Crippen MR) is 77.6 cm³/mol. The van der Waals surface area contributed by atoms with E-state index in [9.17, 15) is 4.79 Å². The van der Waals surface area contributed by atoms with Gasteiger partial charge in [0.1, 0.15) is 6.61 Å². The largest absolute Gasteiger partial charge is 0.457 e. The van der Waals surface area contributed by atoms with Crippen molar-refractivity contribution in [1.82, 2.24) is 5.32 Å². The zero-order valence-electron chi connectivity index (χ0n) is 10.9. The first kappa shape index (κ1) is 13.2. The van der Waals surface area contributed by atoms with Crippen molar-refractivity contribution in [2.24, 2.45) is 0 Å². The third kappa shape index (κ3) is 2.84. The molecule has 0 spiro atoms. The number of fused-ring (bicyclic) bond motifs is 1. The zero-order valence-corrected chi connectivity index (χ0v) is 11.6. The van der Waals surface area contributed by atoms with E-state index in [0.717, 1.165) is 18.7 Å². The molecule has 1 N–H and O–H groups in total. The van der Waals surface area contributed by atoms with E-state index in [1.165, 1.54) is 11.1 Å². The predicted octanol–water partition coefficient (Wildman–Crippen LogP) is 3.30. The minimum Gasteiger partial charge on any atom is -0.457 e. The first-order valence-corrected chi connectivity index (χ1v) is 6.84. The van der Waals surface area contributed by atoms with Crippen LogP contribution in [0.5, 0.6) is 0 Å². The van der Waals surface area contributed by atoms with Gasteiger partial charge in [0.25, 0.3) is 0 Å². The third-order valence-corrected chi connectivity index (χ3v) is 3.61. The molecule has 3 rings (SSSR count). The molecule has 0 fully saturated rings. The number of hydrogen-bond acceptors (Lipinski definition) is 3. The number of carbonyl (C=O) groups excluding carboxylic acids is 1. The molecule has 3 nitrogen and oxygen atoms in total. The summed E-state index contributed by atoms with van der Waals surface area (Å²) in [6.45, 7) is 1.94. The normalized spacial score (nSPS) is 13.1. The van der Waals surface area contributed by atoms with Crippen LogP contribution in [0.2, 0.25) is 5.02 Å². The average molecular weight is 288 g/mol. The highest BCUT2D eigenvalue weighted by Gasteiger charge is 2.14. The van der Waals surface area contributed by atoms with Gasteiger partial charge >= 0.3 is 5.97 Å². The summed E-state index contributed by atoms with van der Waals surface area (Å²) >= 11 is 5.81. The summed E-state index contributed by atoms with van der Waals surface area (Å²) in [5.41, 5.74) is 3.94. The van der Waals surface area contributed by atoms with Crippen molar-refractivity contribution in [3.05, 3.63) is 69.7 Å². The Morgan fingerprint density at radius 1 is 1.10 bits per heavy atom. The molecule has 0 atom stereocenters. The van der Waals surface area contributed by atoms with Gasteiger partial charge in [-0.1, -0.05) is 29.8 Å². The fraction of sp³-hybridized carbons (Fsp3) is 0.188. The quantitative estimate of drug-likeness (QED) is 0.880. The second kappa shape index (κ2) is 5.65. The van der Waals surface area contributed by atoms with Crippen LogP contribution in [-0.2, 0) is 24.4 Å². The van der Waals surface area contributed by atoms with Crippen LogP contribution in [0.3, 0.4) is 0 Å². The summed E-state index contributed by atoms with van der Waals surface area (Å²) in [5.74, 6) is -0.297. The van der Waals surface area contributed by atoms with Gasteiger partial charge in [0, 0.05) is 18.1 Å². The lowest BCUT2D eigenvalue weighted by atomic mass is 10.1. The van der Waals surface area contributed by atoms with E-state index >= 15 is 0 Å². The molecule has 2 aromatic rings. The highest BCUT2D eigenvalue weighted by atomic mass is 35.5. The average Bonchev–Trinajstić information content (AvgIpc) is 2.93. The van der Waals surface area contributed by atoms with Crippen LogP contribution in [0, 0.1) is 0 Å². The SMILES string of the molecule is O=C(OCc1ccc(Cl)cc1)c1ccc2c(c1)CNC2. The number of benzene rings is 2. The monoisotopic (exact) mass is 287 g/mol. The fourth-order valence-corrected chi connectivity index (χ4v) is 2.36. The van der Waals surface area contributed by atoms with Crippen LogP contribution in [-0.4, -0.2) is 5.97 Å². The van der Waals surface area contributed by atoms with Crippen molar-refractivity contribution >= 4 is 17.6 Å². The van der Waals surface area contributed by atoms with Crippen LogP contribution < -0.4 is 5.32 Å². The first-order chi connectivity index (χ1) is 9.72. The van der Waals surface area contributed by atoms with Gasteiger partial charge in [-0.05, 0) is 41.0 Å². The first-order valence-electron chi connectivity index (χ1n) is 6.46. The van der Waals surface area contributed by atoms with Gasteiger partial charge in [0.15, 0.2) is 0 Å². The van der Waals surface area contributed by atoms with Gasteiger partial charge in [-0.15, -0.1) is 0 Å². The van der Waals surface area contributed by atoms with Crippen molar-refractivity contribution in [3.63, 3.8) is 0 Å². The Morgan fingerprint density at radius 2 is 1.85 bits per heavy atom. The minimum absolute atomic E-state index is 0.255. The van der Waals surface area contributed by atoms with Crippen LogP contribution in [0.1, 0.15) is 27.0 Å². The maximum absolute atomic E-state index is 12.0. The minimum atomic E-state index is -0.297. The Kier molecular flexibility index (Phi) is 3.72. The molecule has 0 saturated carbocycles. The lowest BCUT2D eigenvalue weighted by Crippen LogP contribution is -2.06. The molecule has 1 aliphatic heterocycles. The van der Waals surface area contributed by atoms with Crippen LogP contribution in [0.15, 0.2) is 42.5 Å². The lowest BCUT2D eigenvalue weighted by Gasteiger charge is -2.06. The molecule has 1 aliphatic rings. The van der Waals surface area contributed by atoms with Crippen molar-refractivity contribution in [2.75, 3.05) is 0 Å². The van der Waals surface area contributed by atoms with Crippen molar-refractivity contribution in [3.8, 4) is 0 Å². The molecule has 1 heterocycles. The Bertz CT molecular complexity index is 637. The molecule has 0 radical (unpaired) electrons. The molecule has 2 aromatic carbocycles. The fourth-order valence-electron chi connectivity index (χ4n) is 2.23. The summed E-state index contributed by atoms with van der Waals surface area (Å²) in [6.07, 6.45) is 0. The smallest absolute Gasteiger partial charge is 0.338 e. The standard InChI is InChI=1S/C16H14ClNO2/c17-15-5-1-11(2-6-15)10-20-16(19)12-3-4-13-8-18-9-14(13)7-12/h1-7,18H,8-10H2. The molecule has 4 heteroatoms. The van der Waals surface area contributed by atoms with E-state index in [0.29, 0.717) is 10.6 Å². The van der Waals surface area contributed by atoms with E-state index in [1.807, 2.05) is 30.3 Å². The molecule has 0 amide bonds. The summed E-state index contributed by atoms with van der Waals surface area (Å²) < 4.78 is 5.31. The van der Waals surface area contributed by atoms with E-state index in [1.54, 1.807) is 12.1 Å². The number of hydrogen-bond donors (Lipinski definition) is 1. The maximum atomic E-state index is 12.0. The van der Waals surface area contributed by atoms with Gasteiger partial charge < -0.3 is 10.1 Å². The van der Waals surface area contributed by atoms with Crippen LogP contribution in [0.25, 0.3) is 0 Å². The van der Waals surface area contributed by atoms with E-state index in [-0.39, 0.29) is 12.6 Å². The molecular weight excluding hydrogens is 274 g/mol. The van der Waals surface area contributed by atoms with E-state index in [2.05, 4.69) is 5.32 Å². The zero-order chi connectivity index (χ0) is 13.9. The molecule has 20 heavy (non-hydrogen) atoms. The van der Waals surface area contributed by atoms with Gasteiger partial charge in [-0.2, -0.15) is 0 Å². The second-order valence-electron chi connectivity index (χ2n) is 4.79. The van der Waals surface area contributed by atoms with E-state index < -0.39 is 0 Å². The molecular formula is C16H14ClNO2. The molecule has 0 saturated heterocycles. The molecule has 0 unspecified atom stereocenters. The second-order valence-corrected chi connectivity index (χ2v) is 5.23. The van der Waals surface area contributed by atoms with Gasteiger partial charge in [-0.25, -0.2) is 4.79 Å². The van der Waals surface area contributed by atoms with Gasteiger partial charge in [0.05, 0.1) is 5.56 Å². The molecule has 0 aliphatic carbocycles. The Morgan fingerprint density at radius 3 is 2.65 bits per heavy atom. The van der Waals surface area contributed by atoms with Gasteiger partial charge in [-0.3, -0.25) is 0 Å². The number of carbonyl (C=O) groups is 1. The third-order valence-electron chi connectivity index (χ3n) is 3.36. The Labute approximate surface area is 122 Å². The Hall–Kier alpha value is -1.84. The molecule has 102 valence electrons.